The van der Waals surface area contributed by atoms with Crippen LogP contribution in [-0.2, 0) is 4.79 Å². The van der Waals surface area contributed by atoms with Crippen LogP contribution in [0.3, 0.4) is 0 Å². The summed E-state index contributed by atoms with van der Waals surface area (Å²) in [6.45, 7) is 2.12. The summed E-state index contributed by atoms with van der Waals surface area (Å²) in [6.07, 6.45) is 2.25. The number of carbonyl (C=O) groups excluding carboxylic acids is 1. The average molecular weight is 277 g/mol. The van der Waals surface area contributed by atoms with Gasteiger partial charge in [0.15, 0.2) is 0 Å². The normalized spacial score (nSPS) is 14.1. The Morgan fingerprint density at radius 3 is 2.60 bits per heavy atom. The molecule has 1 saturated heterocycles. The zero-order valence-corrected chi connectivity index (χ0v) is 11.3. The molecule has 3 N–H and O–H groups in total. The van der Waals surface area contributed by atoms with Crippen molar-refractivity contribution in [2.75, 3.05) is 29.9 Å². The Morgan fingerprint density at radius 2 is 1.90 bits per heavy atom. The van der Waals surface area contributed by atoms with Gasteiger partial charge in [-0.25, -0.2) is 4.79 Å². The summed E-state index contributed by atoms with van der Waals surface area (Å²) in [7, 11) is 0. The van der Waals surface area contributed by atoms with Gasteiger partial charge in [-0.05, 0) is 25.0 Å². The summed E-state index contributed by atoms with van der Waals surface area (Å²) < 4.78 is 0. The van der Waals surface area contributed by atoms with Crippen molar-refractivity contribution in [1.82, 2.24) is 5.32 Å². The van der Waals surface area contributed by atoms with E-state index in [1.165, 1.54) is 12.8 Å². The van der Waals surface area contributed by atoms with Gasteiger partial charge in [-0.2, -0.15) is 0 Å². The van der Waals surface area contributed by atoms with Gasteiger partial charge in [0.05, 0.1) is 17.8 Å². The predicted molar refractivity (Wildman–Crippen MR) is 77.2 cm³/mol. The molecule has 108 valence electrons. The van der Waals surface area contributed by atoms with Gasteiger partial charge >= 0.3 is 12.0 Å². The molecule has 0 aromatic heterocycles. The number of amides is 2. The van der Waals surface area contributed by atoms with E-state index in [0.717, 1.165) is 24.5 Å². The number of carboxylic acids is 1. The summed E-state index contributed by atoms with van der Waals surface area (Å²) in [6, 6.07) is 7.27. The predicted octanol–water partition coefficient (Wildman–Crippen LogP) is 1.88. The van der Waals surface area contributed by atoms with Crippen molar-refractivity contribution >= 4 is 23.4 Å². The van der Waals surface area contributed by atoms with Crippen molar-refractivity contribution in [2.24, 2.45) is 0 Å². The highest BCUT2D eigenvalue weighted by Crippen LogP contribution is 2.28. The van der Waals surface area contributed by atoms with E-state index < -0.39 is 5.97 Å². The molecule has 2 amide bonds. The molecular weight excluding hydrogens is 258 g/mol. The van der Waals surface area contributed by atoms with Crippen LogP contribution >= 0.6 is 0 Å². The Morgan fingerprint density at radius 1 is 1.20 bits per heavy atom. The van der Waals surface area contributed by atoms with Crippen molar-refractivity contribution in [3.8, 4) is 0 Å². The van der Waals surface area contributed by atoms with Gasteiger partial charge in [0.25, 0.3) is 0 Å². The number of anilines is 2. The second-order valence-electron chi connectivity index (χ2n) is 4.74. The molecule has 0 bridgehead atoms. The molecule has 1 aliphatic heterocycles. The Labute approximate surface area is 117 Å². The topological polar surface area (TPSA) is 81.7 Å². The number of carboxylic acid groups (broad SMARTS) is 1. The average Bonchev–Trinajstić information content (AvgIpc) is 2.92. The zero-order valence-electron chi connectivity index (χ0n) is 11.3. The summed E-state index contributed by atoms with van der Waals surface area (Å²) in [4.78, 5) is 24.4. The fraction of sp³-hybridized carbons (Fsp3) is 0.429. The minimum absolute atomic E-state index is 0.0822. The van der Waals surface area contributed by atoms with Crippen molar-refractivity contribution in [3.05, 3.63) is 24.3 Å². The highest BCUT2D eigenvalue weighted by atomic mass is 16.4. The number of rotatable bonds is 5. The third-order valence-corrected chi connectivity index (χ3v) is 3.22. The van der Waals surface area contributed by atoms with E-state index in [0.29, 0.717) is 0 Å². The first-order valence-electron chi connectivity index (χ1n) is 6.77. The van der Waals surface area contributed by atoms with Crippen LogP contribution in [0, 0.1) is 0 Å². The monoisotopic (exact) mass is 277 g/mol. The first kappa shape index (κ1) is 14.2. The number of urea groups is 1. The summed E-state index contributed by atoms with van der Waals surface area (Å²) >= 11 is 0. The minimum atomic E-state index is -0.928. The molecule has 0 unspecified atom stereocenters. The molecule has 6 nitrogen and oxygen atoms in total. The Bertz CT molecular complexity index is 484. The van der Waals surface area contributed by atoms with Gasteiger partial charge in [0.1, 0.15) is 0 Å². The molecule has 0 aliphatic carbocycles. The molecule has 0 spiro atoms. The second-order valence-corrected chi connectivity index (χ2v) is 4.74. The van der Waals surface area contributed by atoms with Crippen molar-refractivity contribution < 1.29 is 14.7 Å². The van der Waals surface area contributed by atoms with Crippen molar-refractivity contribution in [2.45, 2.75) is 19.3 Å². The standard InChI is InChI=1S/C14H19N3O3/c18-13(19)7-8-15-14(20)16-11-5-1-2-6-12(11)17-9-3-4-10-17/h1-2,5-6H,3-4,7-10H2,(H,18,19)(H2,15,16,20). The molecule has 2 rings (SSSR count). The molecule has 0 radical (unpaired) electrons. The minimum Gasteiger partial charge on any atom is -0.481 e. The summed E-state index contributed by atoms with van der Waals surface area (Å²) in [5.41, 5.74) is 1.76. The van der Waals surface area contributed by atoms with Crippen molar-refractivity contribution in [1.29, 1.82) is 0 Å². The largest absolute Gasteiger partial charge is 0.481 e. The number of carbonyl (C=O) groups is 2. The lowest BCUT2D eigenvalue weighted by atomic mass is 10.2. The second kappa shape index (κ2) is 6.79. The van der Waals surface area contributed by atoms with E-state index in [1.807, 2.05) is 24.3 Å². The van der Waals surface area contributed by atoms with Crippen molar-refractivity contribution in [3.63, 3.8) is 0 Å². The lowest BCUT2D eigenvalue weighted by Gasteiger charge is -2.21. The van der Waals surface area contributed by atoms with Crippen LogP contribution < -0.4 is 15.5 Å². The SMILES string of the molecule is O=C(O)CCNC(=O)Nc1ccccc1N1CCCC1. The van der Waals surface area contributed by atoms with Gasteiger partial charge in [0, 0.05) is 19.6 Å². The number of hydrogen-bond donors (Lipinski definition) is 3. The zero-order chi connectivity index (χ0) is 14.4. The molecule has 6 heteroatoms. The summed E-state index contributed by atoms with van der Waals surface area (Å²) in [5, 5.41) is 13.8. The molecular formula is C14H19N3O3. The van der Waals surface area contributed by atoms with Crippen LogP contribution in [0.25, 0.3) is 0 Å². The van der Waals surface area contributed by atoms with E-state index in [1.54, 1.807) is 0 Å². The van der Waals surface area contributed by atoms with E-state index >= 15 is 0 Å². The highest BCUT2D eigenvalue weighted by Gasteiger charge is 2.16. The molecule has 20 heavy (non-hydrogen) atoms. The van der Waals surface area contributed by atoms with Gasteiger partial charge in [0.2, 0.25) is 0 Å². The number of nitrogens with one attached hydrogen (secondary N) is 2. The van der Waals surface area contributed by atoms with Crippen LogP contribution in [-0.4, -0.2) is 36.7 Å². The van der Waals surface area contributed by atoms with Crippen LogP contribution in [0.15, 0.2) is 24.3 Å². The maximum atomic E-state index is 11.7. The van der Waals surface area contributed by atoms with E-state index in [-0.39, 0.29) is 19.0 Å². The van der Waals surface area contributed by atoms with Crippen LogP contribution in [0.5, 0.6) is 0 Å². The molecule has 1 fully saturated rings. The van der Waals surface area contributed by atoms with Gasteiger partial charge in [-0.3, -0.25) is 4.79 Å². The van der Waals surface area contributed by atoms with Crippen LogP contribution in [0.1, 0.15) is 19.3 Å². The molecule has 0 saturated carbocycles. The maximum absolute atomic E-state index is 11.7. The lowest BCUT2D eigenvalue weighted by molar-refractivity contribution is -0.136. The fourth-order valence-electron chi connectivity index (χ4n) is 2.26. The molecule has 1 aliphatic rings. The number of aliphatic carboxylic acids is 1. The number of nitrogens with zero attached hydrogens (tertiary/aromatic N) is 1. The maximum Gasteiger partial charge on any atom is 0.319 e. The third-order valence-electron chi connectivity index (χ3n) is 3.22. The van der Waals surface area contributed by atoms with Gasteiger partial charge in [-0.15, -0.1) is 0 Å². The first-order valence-corrected chi connectivity index (χ1v) is 6.77. The quantitative estimate of drug-likeness (QED) is 0.767. The first-order chi connectivity index (χ1) is 9.66. The van der Waals surface area contributed by atoms with E-state index in [4.69, 9.17) is 5.11 Å². The summed E-state index contributed by atoms with van der Waals surface area (Å²) in [5.74, 6) is -0.928. The number of hydrogen-bond acceptors (Lipinski definition) is 3. The highest BCUT2D eigenvalue weighted by molar-refractivity contribution is 5.93. The Kier molecular flexibility index (Phi) is 4.81. The van der Waals surface area contributed by atoms with Crippen LogP contribution in [0.2, 0.25) is 0 Å². The fourth-order valence-corrected chi connectivity index (χ4v) is 2.26. The molecule has 1 heterocycles. The van der Waals surface area contributed by atoms with Crippen LogP contribution in [0.4, 0.5) is 16.2 Å². The third kappa shape index (κ3) is 3.88. The molecule has 1 aromatic carbocycles. The Hall–Kier alpha value is -2.24. The van der Waals surface area contributed by atoms with Gasteiger partial charge < -0.3 is 20.6 Å². The van der Waals surface area contributed by atoms with E-state index in [2.05, 4.69) is 15.5 Å². The smallest absolute Gasteiger partial charge is 0.319 e. The Balaban J connectivity index is 1.94. The lowest BCUT2D eigenvalue weighted by Crippen LogP contribution is -2.31. The van der Waals surface area contributed by atoms with Gasteiger partial charge in [-0.1, -0.05) is 12.1 Å². The number of benzene rings is 1. The van der Waals surface area contributed by atoms with E-state index in [9.17, 15) is 9.59 Å². The number of para-hydroxylation sites is 2. The molecule has 0 atom stereocenters. The molecule has 1 aromatic rings.